The molecule has 0 saturated heterocycles. The molecule has 0 aliphatic heterocycles. The Morgan fingerprint density at radius 2 is 1.83 bits per heavy atom. The van der Waals surface area contributed by atoms with Crippen molar-refractivity contribution < 1.29 is 16.8 Å². The number of sulfone groups is 2. The molecule has 9 heteroatoms. The number of nitrogens with one attached hydrogen (secondary N) is 1. The van der Waals surface area contributed by atoms with Gasteiger partial charge in [0.2, 0.25) is 0 Å². The summed E-state index contributed by atoms with van der Waals surface area (Å²) in [5, 5.41) is 4.05. The Labute approximate surface area is 146 Å². The predicted octanol–water partition coefficient (Wildman–Crippen LogP) is 2.17. The van der Waals surface area contributed by atoms with E-state index >= 15 is 0 Å². The zero-order valence-electron chi connectivity index (χ0n) is 13.7. The Morgan fingerprint density at radius 3 is 2.38 bits per heavy atom. The fourth-order valence-corrected chi connectivity index (χ4v) is 4.58. The molecule has 0 bridgehead atoms. The van der Waals surface area contributed by atoms with Crippen molar-refractivity contribution in [3.8, 4) is 0 Å². The molecule has 0 atom stereocenters. The van der Waals surface area contributed by atoms with E-state index in [4.69, 9.17) is 0 Å². The van der Waals surface area contributed by atoms with Gasteiger partial charge in [-0.1, -0.05) is 6.92 Å². The third kappa shape index (κ3) is 4.78. The van der Waals surface area contributed by atoms with Crippen molar-refractivity contribution in [1.29, 1.82) is 0 Å². The van der Waals surface area contributed by atoms with Crippen LogP contribution in [0.3, 0.4) is 0 Å². The largest absolute Gasteiger partial charge is 0.384 e. The molecular formula is C15H20N2O4S3. The standard InChI is InChI=1S/C15H20N2O4S3/c1-4-11-10-17-15(22-11)7-8-16-13-6-5-12(23(2,18)19)9-14(13)24(3,20)21/h5-6,9-10,16H,4,7-8H2,1-3H3. The quantitative estimate of drug-likeness (QED) is 0.781. The van der Waals surface area contributed by atoms with Crippen LogP contribution >= 0.6 is 11.3 Å². The minimum atomic E-state index is -3.55. The summed E-state index contributed by atoms with van der Waals surface area (Å²) in [6.07, 6.45) is 5.57. The summed E-state index contributed by atoms with van der Waals surface area (Å²) in [7, 11) is -7.02. The number of thiazole rings is 1. The van der Waals surface area contributed by atoms with E-state index in [0.29, 0.717) is 18.7 Å². The zero-order valence-corrected chi connectivity index (χ0v) is 16.2. The van der Waals surface area contributed by atoms with Gasteiger partial charge in [-0.3, -0.25) is 0 Å². The van der Waals surface area contributed by atoms with Crippen molar-refractivity contribution in [2.45, 2.75) is 29.6 Å². The number of rotatable bonds is 7. The van der Waals surface area contributed by atoms with Gasteiger partial charge in [-0.2, -0.15) is 0 Å². The lowest BCUT2D eigenvalue weighted by Gasteiger charge is -2.12. The van der Waals surface area contributed by atoms with Gasteiger partial charge in [0.1, 0.15) is 0 Å². The van der Waals surface area contributed by atoms with Gasteiger partial charge in [-0.05, 0) is 24.6 Å². The second-order valence-corrected chi connectivity index (χ2v) is 10.7. The van der Waals surface area contributed by atoms with Gasteiger partial charge in [0.25, 0.3) is 0 Å². The molecule has 132 valence electrons. The van der Waals surface area contributed by atoms with Crippen LogP contribution in [0.2, 0.25) is 0 Å². The lowest BCUT2D eigenvalue weighted by Crippen LogP contribution is -2.10. The second-order valence-electron chi connectivity index (χ2n) is 5.45. The molecule has 6 nitrogen and oxygen atoms in total. The second kappa shape index (κ2) is 7.20. The van der Waals surface area contributed by atoms with E-state index < -0.39 is 19.7 Å². The first-order valence-electron chi connectivity index (χ1n) is 7.33. The molecule has 0 amide bonds. The Hall–Kier alpha value is -1.45. The van der Waals surface area contributed by atoms with E-state index in [1.54, 1.807) is 11.3 Å². The van der Waals surface area contributed by atoms with Gasteiger partial charge in [0.05, 0.1) is 20.5 Å². The summed E-state index contributed by atoms with van der Waals surface area (Å²) >= 11 is 1.63. The van der Waals surface area contributed by atoms with Crippen molar-refractivity contribution in [3.63, 3.8) is 0 Å². The number of aryl methyl sites for hydroxylation is 1. The van der Waals surface area contributed by atoms with E-state index in [9.17, 15) is 16.8 Å². The number of aromatic nitrogens is 1. The fourth-order valence-electron chi connectivity index (χ4n) is 2.12. The molecule has 0 aliphatic rings. The number of hydrogen-bond donors (Lipinski definition) is 1. The molecule has 0 aliphatic carbocycles. The van der Waals surface area contributed by atoms with Crippen LogP contribution in [-0.4, -0.2) is 40.9 Å². The van der Waals surface area contributed by atoms with Crippen LogP contribution in [0.4, 0.5) is 5.69 Å². The average molecular weight is 389 g/mol. The highest BCUT2D eigenvalue weighted by atomic mass is 32.2. The molecule has 0 saturated carbocycles. The van der Waals surface area contributed by atoms with Crippen molar-refractivity contribution >= 4 is 36.7 Å². The van der Waals surface area contributed by atoms with Gasteiger partial charge < -0.3 is 5.32 Å². The predicted molar refractivity (Wildman–Crippen MR) is 96.3 cm³/mol. The van der Waals surface area contributed by atoms with Crippen LogP contribution in [0.15, 0.2) is 34.2 Å². The van der Waals surface area contributed by atoms with Gasteiger partial charge in [-0.15, -0.1) is 11.3 Å². The van der Waals surface area contributed by atoms with E-state index in [1.165, 1.54) is 23.1 Å². The van der Waals surface area contributed by atoms with Crippen molar-refractivity contribution in [2.24, 2.45) is 0 Å². The Bertz CT molecular complexity index is 931. The van der Waals surface area contributed by atoms with Crippen molar-refractivity contribution in [1.82, 2.24) is 4.98 Å². The van der Waals surface area contributed by atoms with Crippen molar-refractivity contribution in [2.75, 3.05) is 24.4 Å². The Balaban J connectivity index is 2.20. The third-order valence-corrected chi connectivity index (χ3v) is 6.83. The first kappa shape index (κ1) is 18.9. The Morgan fingerprint density at radius 1 is 1.12 bits per heavy atom. The monoisotopic (exact) mass is 388 g/mol. The molecular weight excluding hydrogens is 368 g/mol. The van der Waals surface area contributed by atoms with Crippen molar-refractivity contribution in [3.05, 3.63) is 34.3 Å². The van der Waals surface area contributed by atoms with Gasteiger partial charge in [-0.25, -0.2) is 21.8 Å². The maximum Gasteiger partial charge on any atom is 0.177 e. The lowest BCUT2D eigenvalue weighted by molar-refractivity contribution is 0.600. The average Bonchev–Trinajstić information content (AvgIpc) is 2.93. The lowest BCUT2D eigenvalue weighted by atomic mass is 10.3. The van der Waals surface area contributed by atoms with Gasteiger partial charge >= 0.3 is 0 Å². The molecule has 0 unspecified atom stereocenters. The molecule has 0 radical (unpaired) electrons. The topological polar surface area (TPSA) is 93.2 Å². The minimum absolute atomic E-state index is 0.0130. The number of hydrogen-bond acceptors (Lipinski definition) is 7. The minimum Gasteiger partial charge on any atom is -0.384 e. The summed E-state index contributed by atoms with van der Waals surface area (Å²) < 4.78 is 47.2. The molecule has 0 spiro atoms. The van der Waals surface area contributed by atoms with Gasteiger partial charge in [0, 0.05) is 36.6 Å². The van der Waals surface area contributed by atoms with Crippen LogP contribution in [0.1, 0.15) is 16.8 Å². The summed E-state index contributed by atoms with van der Waals surface area (Å²) in [6.45, 7) is 2.58. The molecule has 1 aromatic carbocycles. The van der Waals surface area contributed by atoms with Crippen LogP contribution in [0.5, 0.6) is 0 Å². The maximum atomic E-state index is 12.0. The molecule has 1 heterocycles. The summed E-state index contributed by atoms with van der Waals surface area (Å²) in [4.78, 5) is 5.50. The fraction of sp³-hybridized carbons (Fsp3) is 0.400. The van der Waals surface area contributed by atoms with Crippen LogP contribution in [-0.2, 0) is 32.5 Å². The first-order valence-corrected chi connectivity index (χ1v) is 11.9. The zero-order chi connectivity index (χ0) is 18.0. The summed E-state index contributed by atoms with van der Waals surface area (Å²) in [5.74, 6) is 0. The summed E-state index contributed by atoms with van der Waals surface area (Å²) in [5.41, 5.74) is 0.400. The molecule has 1 N–H and O–H groups in total. The van der Waals surface area contributed by atoms with E-state index in [-0.39, 0.29) is 9.79 Å². The SMILES string of the molecule is CCc1cnc(CCNc2ccc(S(C)(=O)=O)cc2S(C)(=O)=O)s1. The highest BCUT2D eigenvalue weighted by Gasteiger charge is 2.17. The smallest absolute Gasteiger partial charge is 0.177 e. The highest BCUT2D eigenvalue weighted by molar-refractivity contribution is 7.91. The highest BCUT2D eigenvalue weighted by Crippen LogP contribution is 2.25. The first-order chi connectivity index (χ1) is 11.1. The van der Waals surface area contributed by atoms with Crippen LogP contribution < -0.4 is 5.32 Å². The number of benzene rings is 1. The summed E-state index contributed by atoms with van der Waals surface area (Å²) in [6, 6.07) is 4.10. The van der Waals surface area contributed by atoms with E-state index in [2.05, 4.69) is 17.2 Å². The number of anilines is 1. The Kier molecular flexibility index (Phi) is 5.67. The van der Waals surface area contributed by atoms with Crippen LogP contribution in [0, 0.1) is 0 Å². The normalized spacial score (nSPS) is 12.3. The van der Waals surface area contributed by atoms with E-state index in [0.717, 1.165) is 23.9 Å². The molecule has 2 rings (SSSR count). The molecule has 2 aromatic rings. The molecule has 1 aromatic heterocycles. The molecule has 0 fully saturated rings. The van der Waals surface area contributed by atoms with Gasteiger partial charge in [0.15, 0.2) is 19.7 Å². The molecule has 24 heavy (non-hydrogen) atoms. The third-order valence-electron chi connectivity index (χ3n) is 3.38. The van der Waals surface area contributed by atoms with Crippen LogP contribution in [0.25, 0.3) is 0 Å². The number of nitrogens with zero attached hydrogens (tertiary/aromatic N) is 1. The maximum absolute atomic E-state index is 12.0. The van der Waals surface area contributed by atoms with E-state index in [1.807, 2.05) is 6.20 Å².